The third kappa shape index (κ3) is 3.12. The Morgan fingerprint density at radius 2 is 1.58 bits per heavy atom. The van der Waals surface area contributed by atoms with Crippen molar-refractivity contribution in [3.05, 3.63) is 83.2 Å². The van der Waals surface area contributed by atoms with E-state index in [0.29, 0.717) is 22.5 Å². The van der Waals surface area contributed by atoms with Gasteiger partial charge in [0.1, 0.15) is 17.0 Å². The number of para-hydroxylation sites is 2. The number of carbonyl (C=O) groups excluding carboxylic acids is 3. The van der Waals surface area contributed by atoms with Gasteiger partial charge in [0.2, 0.25) is 5.78 Å². The lowest BCUT2D eigenvalue weighted by molar-refractivity contribution is 0.0473. The van der Waals surface area contributed by atoms with E-state index in [-0.39, 0.29) is 41.5 Å². The van der Waals surface area contributed by atoms with Crippen molar-refractivity contribution in [2.75, 3.05) is 13.2 Å². The third-order valence-corrected chi connectivity index (χ3v) is 5.58. The molecule has 2 aromatic carbocycles. The second-order valence-corrected chi connectivity index (χ2v) is 7.46. The van der Waals surface area contributed by atoms with Gasteiger partial charge in [-0.1, -0.05) is 36.4 Å². The normalized spacial score (nSPS) is 11.9. The summed E-state index contributed by atoms with van der Waals surface area (Å²) in [6, 6.07) is 18.1. The molecule has 0 spiro atoms. The first-order valence-electron chi connectivity index (χ1n) is 10.7. The summed E-state index contributed by atoms with van der Waals surface area (Å²) in [5.74, 6) is -1.72. The Hall–Kier alpha value is -4.26. The van der Waals surface area contributed by atoms with Crippen molar-refractivity contribution in [3.8, 4) is 16.9 Å². The molecule has 7 heteroatoms. The lowest BCUT2D eigenvalue weighted by atomic mass is 9.99. The lowest BCUT2D eigenvalue weighted by Crippen LogP contribution is -2.17. The van der Waals surface area contributed by atoms with Crippen LogP contribution in [0.2, 0.25) is 0 Å². The van der Waals surface area contributed by atoms with Gasteiger partial charge in [-0.2, -0.15) is 0 Å². The van der Waals surface area contributed by atoms with Gasteiger partial charge in [0, 0.05) is 16.5 Å². The number of benzene rings is 2. The van der Waals surface area contributed by atoms with Crippen molar-refractivity contribution >= 4 is 28.6 Å². The van der Waals surface area contributed by atoms with Crippen LogP contribution in [0, 0.1) is 0 Å². The molecule has 0 saturated heterocycles. The molecular weight excluding hydrogens is 420 g/mol. The van der Waals surface area contributed by atoms with E-state index in [1.807, 2.05) is 30.3 Å². The van der Waals surface area contributed by atoms with Gasteiger partial charge >= 0.3 is 11.9 Å². The third-order valence-electron chi connectivity index (χ3n) is 5.58. The zero-order chi connectivity index (χ0) is 23.1. The number of ketones is 1. The SMILES string of the molecule is CCOC(=O)c1c(-c2ccc3ccccc3n2)c2n(c1C(=O)OCC)-c1ccccc1C2=O. The zero-order valence-corrected chi connectivity index (χ0v) is 18.1. The van der Waals surface area contributed by atoms with Gasteiger partial charge in [-0.3, -0.25) is 9.36 Å². The quantitative estimate of drug-likeness (QED) is 0.372. The standard InChI is InChI=1S/C26H20N2O5/c1-3-32-25(30)21-20(18-14-13-15-9-5-7-11-17(15)27-18)22-24(29)16-10-6-8-12-19(16)28(22)23(21)26(31)33-4-2/h5-14H,3-4H2,1-2H3. The Kier molecular flexibility index (Phi) is 5.01. The van der Waals surface area contributed by atoms with E-state index >= 15 is 0 Å². The molecule has 33 heavy (non-hydrogen) atoms. The molecule has 0 unspecified atom stereocenters. The summed E-state index contributed by atoms with van der Waals surface area (Å²) >= 11 is 0. The van der Waals surface area contributed by atoms with Crippen LogP contribution in [-0.2, 0) is 9.47 Å². The summed E-state index contributed by atoms with van der Waals surface area (Å²) in [6.07, 6.45) is 0. The molecule has 5 rings (SSSR count). The summed E-state index contributed by atoms with van der Waals surface area (Å²) < 4.78 is 12.1. The van der Waals surface area contributed by atoms with Crippen LogP contribution in [0.5, 0.6) is 0 Å². The van der Waals surface area contributed by atoms with Crippen molar-refractivity contribution < 1.29 is 23.9 Å². The maximum absolute atomic E-state index is 13.5. The van der Waals surface area contributed by atoms with Crippen LogP contribution in [0.4, 0.5) is 0 Å². The molecular formula is C26H20N2O5. The molecule has 0 radical (unpaired) electrons. The Morgan fingerprint density at radius 1 is 0.879 bits per heavy atom. The number of rotatable bonds is 5. The molecule has 0 aliphatic carbocycles. The van der Waals surface area contributed by atoms with Gasteiger partial charge in [0.05, 0.1) is 30.1 Å². The number of nitrogens with zero attached hydrogens (tertiary/aromatic N) is 2. The fourth-order valence-electron chi connectivity index (χ4n) is 4.27. The van der Waals surface area contributed by atoms with E-state index in [1.165, 1.54) is 4.57 Å². The van der Waals surface area contributed by atoms with E-state index < -0.39 is 11.9 Å². The predicted molar refractivity (Wildman–Crippen MR) is 122 cm³/mol. The van der Waals surface area contributed by atoms with Crippen molar-refractivity contribution in [1.82, 2.24) is 9.55 Å². The van der Waals surface area contributed by atoms with Gasteiger partial charge in [-0.25, -0.2) is 14.6 Å². The molecule has 164 valence electrons. The van der Waals surface area contributed by atoms with Crippen LogP contribution >= 0.6 is 0 Å². The van der Waals surface area contributed by atoms with Crippen LogP contribution in [-0.4, -0.2) is 40.5 Å². The van der Waals surface area contributed by atoms with E-state index in [2.05, 4.69) is 0 Å². The molecule has 1 aliphatic rings. The number of esters is 2. The van der Waals surface area contributed by atoms with Crippen LogP contribution < -0.4 is 0 Å². The molecule has 0 fully saturated rings. The molecule has 3 heterocycles. The number of fused-ring (bicyclic) bond motifs is 4. The monoisotopic (exact) mass is 440 g/mol. The van der Waals surface area contributed by atoms with Gasteiger partial charge in [0.25, 0.3) is 0 Å². The summed E-state index contributed by atoms with van der Waals surface area (Å²) in [7, 11) is 0. The van der Waals surface area contributed by atoms with Gasteiger partial charge in [-0.05, 0) is 38.1 Å². The fourth-order valence-corrected chi connectivity index (χ4v) is 4.27. The first-order chi connectivity index (χ1) is 16.1. The highest BCUT2D eigenvalue weighted by atomic mass is 16.5. The van der Waals surface area contributed by atoms with Gasteiger partial charge in [0.15, 0.2) is 0 Å². The Labute approximate surface area is 189 Å². The van der Waals surface area contributed by atoms with Crippen molar-refractivity contribution in [2.45, 2.75) is 13.8 Å². The maximum atomic E-state index is 13.5. The molecule has 7 nitrogen and oxygen atoms in total. The van der Waals surface area contributed by atoms with E-state index in [9.17, 15) is 14.4 Å². The summed E-state index contributed by atoms with van der Waals surface area (Å²) in [5.41, 5.74) is 2.47. The summed E-state index contributed by atoms with van der Waals surface area (Å²) in [4.78, 5) is 44.5. The topological polar surface area (TPSA) is 87.5 Å². The van der Waals surface area contributed by atoms with Crippen LogP contribution in [0.3, 0.4) is 0 Å². The molecule has 0 saturated carbocycles. The maximum Gasteiger partial charge on any atom is 0.356 e. The molecule has 0 amide bonds. The van der Waals surface area contributed by atoms with E-state index in [4.69, 9.17) is 14.5 Å². The van der Waals surface area contributed by atoms with Crippen LogP contribution in [0.15, 0.2) is 60.7 Å². The smallest absolute Gasteiger partial charge is 0.356 e. The molecule has 0 atom stereocenters. The van der Waals surface area contributed by atoms with Crippen molar-refractivity contribution in [1.29, 1.82) is 0 Å². The Balaban J connectivity index is 1.89. The summed E-state index contributed by atoms with van der Waals surface area (Å²) in [6.45, 7) is 3.58. The number of ether oxygens (including phenoxy) is 2. The number of aromatic nitrogens is 2. The second kappa shape index (κ2) is 8.02. The fraction of sp³-hybridized carbons (Fsp3) is 0.154. The number of carbonyl (C=O) groups is 3. The average Bonchev–Trinajstić information content (AvgIpc) is 3.33. The van der Waals surface area contributed by atoms with Crippen molar-refractivity contribution in [3.63, 3.8) is 0 Å². The molecule has 4 aromatic rings. The van der Waals surface area contributed by atoms with Crippen LogP contribution in [0.1, 0.15) is 50.7 Å². The molecule has 2 aromatic heterocycles. The highest BCUT2D eigenvalue weighted by molar-refractivity contribution is 6.22. The lowest BCUT2D eigenvalue weighted by Gasteiger charge is -2.10. The summed E-state index contributed by atoms with van der Waals surface area (Å²) in [5, 5.41) is 0.912. The van der Waals surface area contributed by atoms with Crippen molar-refractivity contribution in [2.24, 2.45) is 0 Å². The Bertz CT molecular complexity index is 1450. The highest BCUT2D eigenvalue weighted by Crippen LogP contribution is 2.41. The minimum Gasteiger partial charge on any atom is -0.462 e. The van der Waals surface area contributed by atoms with E-state index in [1.54, 1.807) is 44.2 Å². The minimum absolute atomic E-state index is 0.0177. The van der Waals surface area contributed by atoms with Gasteiger partial charge in [-0.15, -0.1) is 0 Å². The average molecular weight is 440 g/mol. The first kappa shape index (κ1) is 20.6. The van der Waals surface area contributed by atoms with Crippen LogP contribution in [0.25, 0.3) is 27.8 Å². The highest BCUT2D eigenvalue weighted by Gasteiger charge is 2.41. The zero-order valence-electron chi connectivity index (χ0n) is 18.1. The molecule has 1 aliphatic heterocycles. The first-order valence-corrected chi connectivity index (χ1v) is 10.7. The number of hydrogen-bond donors (Lipinski definition) is 0. The second-order valence-electron chi connectivity index (χ2n) is 7.46. The molecule has 0 N–H and O–H groups in total. The van der Waals surface area contributed by atoms with E-state index in [0.717, 1.165) is 5.39 Å². The predicted octanol–water partition coefficient (Wildman–Crippen LogP) is 4.59. The van der Waals surface area contributed by atoms with Gasteiger partial charge < -0.3 is 9.47 Å². The minimum atomic E-state index is -0.710. The number of hydrogen-bond acceptors (Lipinski definition) is 6. The number of pyridine rings is 1. The largest absolute Gasteiger partial charge is 0.462 e. The molecule has 0 bridgehead atoms. The Morgan fingerprint density at radius 3 is 2.36 bits per heavy atom.